The van der Waals surface area contributed by atoms with E-state index in [9.17, 15) is 14.4 Å². The molecule has 0 N–H and O–H groups in total. The molecule has 1 aliphatic heterocycles. The number of benzene rings is 1. The van der Waals surface area contributed by atoms with Crippen molar-refractivity contribution in [3.05, 3.63) is 34.3 Å². The Morgan fingerprint density at radius 1 is 1.12 bits per heavy atom. The Labute approximate surface area is 155 Å². The van der Waals surface area contributed by atoms with Crippen LogP contribution in [0.2, 0.25) is 0 Å². The van der Waals surface area contributed by atoms with Gasteiger partial charge in [-0.05, 0) is 25.0 Å². The Kier molecular flexibility index (Phi) is 5.89. The van der Waals surface area contributed by atoms with Gasteiger partial charge in [0.15, 0.2) is 12.4 Å². The van der Waals surface area contributed by atoms with E-state index >= 15 is 0 Å². The first kappa shape index (κ1) is 18.1. The average Bonchev–Trinajstić information content (AvgIpc) is 3.02. The van der Waals surface area contributed by atoms with E-state index in [2.05, 4.69) is 15.9 Å². The lowest BCUT2D eigenvalue weighted by Crippen LogP contribution is -2.38. The summed E-state index contributed by atoms with van der Waals surface area (Å²) in [6, 6.07) is 7.18. The maximum absolute atomic E-state index is 12.2. The lowest BCUT2D eigenvalue weighted by Gasteiger charge is -2.31. The summed E-state index contributed by atoms with van der Waals surface area (Å²) in [5.41, 5.74) is 0.502. The Bertz CT molecular complexity index is 652. The summed E-state index contributed by atoms with van der Waals surface area (Å²) < 4.78 is 6.06. The summed E-state index contributed by atoms with van der Waals surface area (Å²) in [5, 5.41) is 0. The lowest BCUT2D eigenvalue weighted by molar-refractivity contribution is -0.147. The zero-order chi connectivity index (χ0) is 17.8. The van der Waals surface area contributed by atoms with Crippen molar-refractivity contribution in [3.63, 3.8) is 0 Å². The predicted molar refractivity (Wildman–Crippen MR) is 96.1 cm³/mol. The molecular weight excluding hydrogens is 386 g/mol. The quantitative estimate of drug-likeness (QED) is 0.554. The van der Waals surface area contributed by atoms with E-state index in [1.165, 1.54) is 6.42 Å². The fourth-order valence-electron chi connectivity index (χ4n) is 3.61. The molecule has 6 heteroatoms. The maximum atomic E-state index is 12.2. The van der Waals surface area contributed by atoms with Crippen LogP contribution < -0.4 is 0 Å². The van der Waals surface area contributed by atoms with Gasteiger partial charge in [0, 0.05) is 29.0 Å². The van der Waals surface area contributed by atoms with Gasteiger partial charge >= 0.3 is 5.97 Å². The van der Waals surface area contributed by atoms with Crippen LogP contribution in [0.3, 0.4) is 0 Å². The molecule has 0 aromatic heterocycles. The first-order valence-corrected chi connectivity index (χ1v) is 9.59. The number of ketones is 1. The Balaban J connectivity index is 1.50. The first-order valence-electron chi connectivity index (χ1n) is 8.79. The van der Waals surface area contributed by atoms with Gasteiger partial charge in [0.1, 0.15) is 0 Å². The van der Waals surface area contributed by atoms with Gasteiger partial charge in [0.25, 0.3) is 0 Å². The van der Waals surface area contributed by atoms with Crippen LogP contribution in [0, 0.1) is 5.92 Å². The van der Waals surface area contributed by atoms with E-state index in [0.29, 0.717) is 12.1 Å². The van der Waals surface area contributed by atoms with Crippen LogP contribution in [0.4, 0.5) is 0 Å². The maximum Gasteiger partial charge on any atom is 0.311 e. The van der Waals surface area contributed by atoms with Gasteiger partial charge in [0.05, 0.1) is 5.92 Å². The normalized spacial score (nSPS) is 21.4. The predicted octanol–water partition coefficient (Wildman–Crippen LogP) is 3.36. The minimum absolute atomic E-state index is 0.0353. The summed E-state index contributed by atoms with van der Waals surface area (Å²) in [5.74, 6) is -1.10. The third kappa shape index (κ3) is 4.48. The van der Waals surface area contributed by atoms with Crippen molar-refractivity contribution < 1.29 is 19.1 Å². The third-order valence-corrected chi connectivity index (χ3v) is 5.55. The molecule has 0 bridgehead atoms. The van der Waals surface area contributed by atoms with Gasteiger partial charge in [-0.3, -0.25) is 14.4 Å². The van der Waals surface area contributed by atoms with E-state index in [-0.39, 0.29) is 30.8 Å². The van der Waals surface area contributed by atoms with Gasteiger partial charge in [-0.15, -0.1) is 0 Å². The van der Waals surface area contributed by atoms with Crippen LogP contribution in [0.5, 0.6) is 0 Å². The van der Waals surface area contributed by atoms with Crippen molar-refractivity contribution >= 4 is 33.6 Å². The molecule has 1 amide bonds. The van der Waals surface area contributed by atoms with Crippen LogP contribution in [0.15, 0.2) is 28.7 Å². The number of rotatable bonds is 5. The fourth-order valence-corrected chi connectivity index (χ4v) is 3.87. The monoisotopic (exact) mass is 407 g/mol. The highest BCUT2D eigenvalue weighted by Crippen LogP contribution is 2.29. The summed E-state index contributed by atoms with van der Waals surface area (Å²) in [4.78, 5) is 38.4. The van der Waals surface area contributed by atoms with Crippen LogP contribution in [0.25, 0.3) is 0 Å². The highest BCUT2D eigenvalue weighted by Gasteiger charge is 2.39. The van der Waals surface area contributed by atoms with Crippen LogP contribution in [-0.2, 0) is 14.3 Å². The van der Waals surface area contributed by atoms with Crippen molar-refractivity contribution in [3.8, 4) is 0 Å². The molecule has 3 rings (SSSR count). The van der Waals surface area contributed by atoms with Gasteiger partial charge < -0.3 is 9.64 Å². The van der Waals surface area contributed by atoms with E-state index in [4.69, 9.17) is 4.74 Å². The second kappa shape index (κ2) is 8.13. The largest absolute Gasteiger partial charge is 0.457 e. The highest BCUT2D eigenvalue weighted by molar-refractivity contribution is 9.10. The number of carbonyl (C=O) groups excluding carboxylic acids is 3. The summed E-state index contributed by atoms with van der Waals surface area (Å²) >= 11 is 3.31. The van der Waals surface area contributed by atoms with E-state index in [0.717, 1.165) is 30.2 Å². The molecule has 2 aliphatic rings. The Morgan fingerprint density at radius 3 is 2.48 bits per heavy atom. The number of ether oxygens (including phenoxy) is 1. The van der Waals surface area contributed by atoms with Crippen LogP contribution in [-0.4, -0.2) is 41.8 Å². The molecule has 1 heterocycles. The highest BCUT2D eigenvalue weighted by atomic mass is 79.9. The molecule has 0 unspecified atom stereocenters. The van der Waals surface area contributed by atoms with Crippen molar-refractivity contribution in [2.75, 3.05) is 13.2 Å². The number of likely N-dealkylation sites (tertiary alicyclic amines) is 1. The van der Waals surface area contributed by atoms with Crippen molar-refractivity contribution in [1.82, 2.24) is 4.90 Å². The van der Waals surface area contributed by atoms with Gasteiger partial charge in [-0.2, -0.15) is 0 Å². The van der Waals surface area contributed by atoms with Crippen LogP contribution >= 0.6 is 15.9 Å². The molecule has 1 aliphatic carbocycles. The second-order valence-electron chi connectivity index (χ2n) is 6.78. The van der Waals surface area contributed by atoms with Crippen molar-refractivity contribution in [2.45, 2.75) is 44.6 Å². The molecule has 1 atom stereocenters. The number of Topliss-reactive ketones (excluding diaryl/α,β-unsaturated/α-hetero) is 1. The van der Waals surface area contributed by atoms with E-state index < -0.39 is 11.9 Å². The van der Waals surface area contributed by atoms with Crippen LogP contribution in [0.1, 0.15) is 48.9 Å². The number of esters is 1. The lowest BCUT2D eigenvalue weighted by atomic mass is 9.94. The molecule has 1 aromatic carbocycles. The smallest absolute Gasteiger partial charge is 0.311 e. The Morgan fingerprint density at radius 2 is 1.80 bits per heavy atom. The number of halogens is 1. The average molecular weight is 408 g/mol. The zero-order valence-electron chi connectivity index (χ0n) is 14.1. The minimum Gasteiger partial charge on any atom is -0.457 e. The first-order chi connectivity index (χ1) is 12.0. The number of hydrogen-bond acceptors (Lipinski definition) is 4. The molecule has 0 radical (unpaired) electrons. The molecule has 2 fully saturated rings. The zero-order valence-corrected chi connectivity index (χ0v) is 15.7. The molecule has 1 aromatic rings. The number of amides is 1. The summed E-state index contributed by atoms with van der Waals surface area (Å²) in [6.45, 7) is 0.142. The molecule has 0 spiro atoms. The number of nitrogens with zero attached hydrogens (tertiary/aromatic N) is 1. The van der Waals surface area contributed by atoms with E-state index in [1.54, 1.807) is 24.3 Å². The molecule has 5 nitrogen and oxygen atoms in total. The number of carbonyl (C=O) groups is 3. The van der Waals surface area contributed by atoms with E-state index in [1.807, 2.05) is 4.90 Å². The molecule has 25 heavy (non-hydrogen) atoms. The summed E-state index contributed by atoms with van der Waals surface area (Å²) in [7, 11) is 0. The topological polar surface area (TPSA) is 63.7 Å². The molecule has 1 saturated heterocycles. The Hall–Kier alpha value is -1.69. The molecule has 1 saturated carbocycles. The van der Waals surface area contributed by atoms with Crippen molar-refractivity contribution in [1.29, 1.82) is 0 Å². The standard InChI is InChI=1S/C19H22BrNO4/c20-15-8-6-13(7-9-15)17(22)12-25-19(24)14-10-18(23)21(11-14)16-4-2-1-3-5-16/h6-9,14,16H,1-5,10-12H2/t14-/m0/s1. The second-order valence-corrected chi connectivity index (χ2v) is 7.69. The summed E-state index contributed by atoms with van der Waals surface area (Å²) in [6.07, 6.45) is 5.76. The fraction of sp³-hybridized carbons (Fsp3) is 0.526. The van der Waals surface area contributed by atoms with Gasteiger partial charge in [0.2, 0.25) is 5.91 Å². The van der Waals surface area contributed by atoms with Gasteiger partial charge in [-0.1, -0.05) is 47.3 Å². The third-order valence-electron chi connectivity index (χ3n) is 5.02. The SMILES string of the molecule is O=C(COC(=O)[C@H]1CC(=O)N(C2CCCCC2)C1)c1ccc(Br)cc1. The molecular formula is C19H22BrNO4. The van der Waals surface area contributed by atoms with Gasteiger partial charge in [-0.25, -0.2) is 0 Å². The molecule has 134 valence electrons. The number of hydrogen-bond donors (Lipinski definition) is 0. The minimum atomic E-state index is -0.452. The van der Waals surface area contributed by atoms with Crippen molar-refractivity contribution in [2.24, 2.45) is 5.92 Å².